The molecule has 1 aliphatic heterocycles. The minimum Gasteiger partial charge on any atom is -0.310 e. The molecule has 1 aromatic rings. The number of piperidine rings is 1. The topological polar surface area (TPSA) is 46.2 Å². The Bertz CT molecular complexity index is 485. The van der Waals surface area contributed by atoms with E-state index in [1.54, 1.807) is 26.0 Å². The first-order chi connectivity index (χ1) is 8.51. The molecule has 3 nitrogen and oxygen atoms in total. The summed E-state index contributed by atoms with van der Waals surface area (Å²) < 4.78 is 24.0. The fraction of sp³-hybridized carbons (Fsp3) is 0.571. The Kier molecular flexibility index (Phi) is 4.07. The molecule has 0 aliphatic carbocycles. The third-order valence-electron chi connectivity index (χ3n) is 3.54. The molecule has 2 rings (SSSR count). The summed E-state index contributed by atoms with van der Waals surface area (Å²) in [6.45, 7) is 4.48. The molecular weight excluding hydrogens is 246 g/mol. The maximum Gasteiger partial charge on any atom is 0.180 e. The Labute approximate surface area is 110 Å². The largest absolute Gasteiger partial charge is 0.310 e. The Morgan fingerprint density at radius 1 is 1.17 bits per heavy atom. The van der Waals surface area contributed by atoms with Crippen molar-refractivity contribution >= 4 is 9.84 Å². The van der Waals surface area contributed by atoms with E-state index in [4.69, 9.17) is 0 Å². The summed E-state index contributed by atoms with van der Waals surface area (Å²) in [7, 11) is -3.14. The summed E-state index contributed by atoms with van der Waals surface area (Å²) in [6, 6.07) is 7.74. The Balaban J connectivity index is 2.20. The van der Waals surface area contributed by atoms with Crippen molar-refractivity contribution in [2.75, 3.05) is 6.54 Å². The first kappa shape index (κ1) is 13.6. The average Bonchev–Trinajstić information content (AvgIpc) is 2.40. The standard InChI is InChI=1S/C14H21NO2S/c1-11(2)18(16,17)13-8-6-12(7-9-13)14-5-3-4-10-15-14/h6-9,11,14-15H,3-5,10H2,1-2H3. The van der Waals surface area contributed by atoms with Crippen LogP contribution in [0.2, 0.25) is 0 Å². The summed E-state index contributed by atoms with van der Waals surface area (Å²) in [5.74, 6) is 0. The van der Waals surface area contributed by atoms with Gasteiger partial charge in [0, 0.05) is 6.04 Å². The molecule has 1 aliphatic rings. The van der Waals surface area contributed by atoms with E-state index < -0.39 is 9.84 Å². The minimum atomic E-state index is -3.14. The van der Waals surface area contributed by atoms with Crippen molar-refractivity contribution < 1.29 is 8.42 Å². The van der Waals surface area contributed by atoms with Crippen molar-refractivity contribution in [1.82, 2.24) is 5.32 Å². The van der Waals surface area contributed by atoms with Crippen LogP contribution in [0.1, 0.15) is 44.7 Å². The molecule has 1 aromatic carbocycles. The second-order valence-electron chi connectivity index (χ2n) is 5.17. The lowest BCUT2D eigenvalue weighted by atomic mass is 9.98. The van der Waals surface area contributed by atoms with Crippen LogP contribution in [0.4, 0.5) is 0 Å². The maximum atomic E-state index is 12.0. The molecule has 1 heterocycles. The van der Waals surface area contributed by atoms with Crippen LogP contribution >= 0.6 is 0 Å². The molecule has 0 amide bonds. The molecule has 1 N–H and O–H groups in total. The molecule has 1 saturated heterocycles. The predicted molar refractivity (Wildman–Crippen MR) is 73.4 cm³/mol. The zero-order valence-corrected chi connectivity index (χ0v) is 11.8. The normalized spacial score (nSPS) is 21.2. The van der Waals surface area contributed by atoms with Gasteiger partial charge in [-0.05, 0) is 50.9 Å². The predicted octanol–water partition coefficient (Wildman–Crippen LogP) is 2.68. The van der Waals surface area contributed by atoms with E-state index in [0.29, 0.717) is 10.9 Å². The molecule has 1 unspecified atom stereocenters. The van der Waals surface area contributed by atoms with Crippen LogP contribution in [-0.2, 0) is 9.84 Å². The van der Waals surface area contributed by atoms with E-state index in [-0.39, 0.29) is 5.25 Å². The lowest BCUT2D eigenvalue weighted by Crippen LogP contribution is -2.26. The third kappa shape index (κ3) is 2.75. The number of rotatable bonds is 3. The zero-order chi connectivity index (χ0) is 13.2. The first-order valence-electron chi connectivity index (χ1n) is 6.59. The second-order valence-corrected chi connectivity index (χ2v) is 7.67. The molecule has 100 valence electrons. The van der Waals surface area contributed by atoms with Crippen molar-refractivity contribution in [2.24, 2.45) is 0 Å². The molecule has 0 bridgehead atoms. The molecule has 0 aromatic heterocycles. The van der Waals surface area contributed by atoms with Gasteiger partial charge in [0.05, 0.1) is 10.1 Å². The zero-order valence-electron chi connectivity index (χ0n) is 11.0. The fourth-order valence-corrected chi connectivity index (χ4v) is 3.36. The van der Waals surface area contributed by atoms with Crippen molar-refractivity contribution in [2.45, 2.75) is 49.3 Å². The Morgan fingerprint density at radius 3 is 2.33 bits per heavy atom. The van der Waals surface area contributed by atoms with Gasteiger partial charge in [-0.15, -0.1) is 0 Å². The maximum absolute atomic E-state index is 12.0. The van der Waals surface area contributed by atoms with E-state index in [0.717, 1.165) is 13.0 Å². The van der Waals surface area contributed by atoms with E-state index in [2.05, 4.69) is 5.32 Å². The van der Waals surface area contributed by atoms with E-state index >= 15 is 0 Å². The smallest absolute Gasteiger partial charge is 0.180 e. The van der Waals surface area contributed by atoms with Gasteiger partial charge in [-0.3, -0.25) is 0 Å². The van der Waals surface area contributed by atoms with Crippen molar-refractivity contribution in [3.05, 3.63) is 29.8 Å². The number of hydrogen-bond acceptors (Lipinski definition) is 3. The summed E-state index contributed by atoms with van der Waals surface area (Å²) in [5.41, 5.74) is 1.19. The summed E-state index contributed by atoms with van der Waals surface area (Å²) >= 11 is 0. The molecular formula is C14H21NO2S. The van der Waals surface area contributed by atoms with Gasteiger partial charge in [0.1, 0.15) is 0 Å². The van der Waals surface area contributed by atoms with Crippen LogP contribution in [0.3, 0.4) is 0 Å². The molecule has 0 saturated carbocycles. The highest BCUT2D eigenvalue weighted by Crippen LogP contribution is 2.24. The molecule has 0 radical (unpaired) electrons. The summed E-state index contributed by atoms with van der Waals surface area (Å²) in [6.07, 6.45) is 3.61. The Morgan fingerprint density at radius 2 is 1.83 bits per heavy atom. The van der Waals surface area contributed by atoms with E-state index in [9.17, 15) is 8.42 Å². The third-order valence-corrected chi connectivity index (χ3v) is 5.71. The number of benzene rings is 1. The molecule has 1 atom stereocenters. The van der Waals surface area contributed by atoms with Crippen LogP contribution in [0.15, 0.2) is 29.2 Å². The van der Waals surface area contributed by atoms with E-state index in [1.807, 2.05) is 12.1 Å². The van der Waals surface area contributed by atoms with Crippen LogP contribution in [0, 0.1) is 0 Å². The van der Waals surface area contributed by atoms with Gasteiger partial charge in [-0.2, -0.15) is 0 Å². The SMILES string of the molecule is CC(C)S(=O)(=O)c1ccc(C2CCCCN2)cc1. The number of hydrogen-bond donors (Lipinski definition) is 1. The molecule has 18 heavy (non-hydrogen) atoms. The number of nitrogens with one attached hydrogen (secondary N) is 1. The second kappa shape index (κ2) is 5.41. The van der Waals surface area contributed by atoms with Gasteiger partial charge in [0.15, 0.2) is 9.84 Å². The lowest BCUT2D eigenvalue weighted by Gasteiger charge is -2.24. The highest BCUT2D eigenvalue weighted by molar-refractivity contribution is 7.92. The van der Waals surface area contributed by atoms with Crippen LogP contribution < -0.4 is 5.32 Å². The first-order valence-corrected chi connectivity index (χ1v) is 8.13. The van der Waals surface area contributed by atoms with Crippen LogP contribution in [-0.4, -0.2) is 20.2 Å². The van der Waals surface area contributed by atoms with Crippen LogP contribution in [0.25, 0.3) is 0 Å². The van der Waals surface area contributed by atoms with Crippen molar-refractivity contribution in [3.8, 4) is 0 Å². The van der Waals surface area contributed by atoms with Gasteiger partial charge in [0.2, 0.25) is 0 Å². The molecule has 0 spiro atoms. The van der Waals surface area contributed by atoms with E-state index in [1.165, 1.54) is 18.4 Å². The molecule has 1 fully saturated rings. The van der Waals surface area contributed by atoms with Crippen molar-refractivity contribution in [1.29, 1.82) is 0 Å². The monoisotopic (exact) mass is 267 g/mol. The Hall–Kier alpha value is -0.870. The van der Waals surface area contributed by atoms with Gasteiger partial charge in [-0.25, -0.2) is 8.42 Å². The van der Waals surface area contributed by atoms with Gasteiger partial charge < -0.3 is 5.32 Å². The highest BCUT2D eigenvalue weighted by atomic mass is 32.2. The fourth-order valence-electron chi connectivity index (χ4n) is 2.30. The minimum absolute atomic E-state index is 0.365. The van der Waals surface area contributed by atoms with Crippen LogP contribution in [0.5, 0.6) is 0 Å². The number of sulfone groups is 1. The summed E-state index contributed by atoms with van der Waals surface area (Å²) in [5, 5.41) is 3.10. The van der Waals surface area contributed by atoms with Gasteiger partial charge >= 0.3 is 0 Å². The molecule has 4 heteroatoms. The van der Waals surface area contributed by atoms with Gasteiger partial charge in [0.25, 0.3) is 0 Å². The average molecular weight is 267 g/mol. The van der Waals surface area contributed by atoms with Gasteiger partial charge in [-0.1, -0.05) is 18.6 Å². The quantitative estimate of drug-likeness (QED) is 0.916. The lowest BCUT2D eigenvalue weighted by molar-refractivity contribution is 0.412. The summed E-state index contributed by atoms with van der Waals surface area (Å²) in [4.78, 5) is 0.428. The highest BCUT2D eigenvalue weighted by Gasteiger charge is 2.20. The van der Waals surface area contributed by atoms with Crippen molar-refractivity contribution in [3.63, 3.8) is 0 Å².